The Hall–Kier alpha value is -2.89. The highest BCUT2D eigenvalue weighted by molar-refractivity contribution is 6.00. The standard InChI is InChI=1S/C20H21N3O3/c1-14-6-5-9-18(21-14)26-17-12-22(13-17)20(25)15-10-19(24)23(11-15)16-7-3-2-4-8-16/h2-9,15,17H,10-13H2,1H3. The number of rotatable bonds is 4. The van der Waals surface area contributed by atoms with E-state index in [0.717, 1.165) is 11.4 Å². The fraction of sp³-hybridized carbons (Fsp3) is 0.350. The maximum atomic E-state index is 12.7. The van der Waals surface area contributed by atoms with E-state index in [1.165, 1.54) is 0 Å². The Morgan fingerprint density at radius 3 is 2.58 bits per heavy atom. The molecule has 0 N–H and O–H groups in total. The van der Waals surface area contributed by atoms with E-state index in [0.29, 0.717) is 25.5 Å². The number of carbonyl (C=O) groups excluding carboxylic acids is 2. The predicted molar refractivity (Wildman–Crippen MR) is 96.9 cm³/mol. The van der Waals surface area contributed by atoms with Crippen LogP contribution in [-0.2, 0) is 9.59 Å². The van der Waals surface area contributed by atoms with E-state index in [2.05, 4.69) is 4.98 Å². The molecule has 2 saturated heterocycles. The van der Waals surface area contributed by atoms with Gasteiger partial charge in [0, 0.05) is 30.4 Å². The van der Waals surface area contributed by atoms with Gasteiger partial charge in [0.05, 0.1) is 19.0 Å². The van der Waals surface area contributed by atoms with Crippen LogP contribution in [0.1, 0.15) is 12.1 Å². The molecule has 0 saturated carbocycles. The number of likely N-dealkylation sites (tertiary alicyclic amines) is 1. The first-order chi connectivity index (χ1) is 12.6. The number of hydrogen-bond acceptors (Lipinski definition) is 4. The Kier molecular flexibility index (Phi) is 4.32. The van der Waals surface area contributed by atoms with Gasteiger partial charge in [0.1, 0.15) is 6.10 Å². The van der Waals surface area contributed by atoms with Gasteiger partial charge in [0.15, 0.2) is 0 Å². The highest BCUT2D eigenvalue weighted by Crippen LogP contribution is 2.28. The van der Waals surface area contributed by atoms with E-state index >= 15 is 0 Å². The fourth-order valence-corrected chi connectivity index (χ4v) is 3.44. The minimum atomic E-state index is -0.277. The van der Waals surface area contributed by atoms with Crippen molar-refractivity contribution in [2.75, 3.05) is 24.5 Å². The van der Waals surface area contributed by atoms with Crippen molar-refractivity contribution in [2.45, 2.75) is 19.4 Å². The van der Waals surface area contributed by atoms with Crippen molar-refractivity contribution in [1.29, 1.82) is 0 Å². The molecule has 2 amide bonds. The van der Waals surface area contributed by atoms with Crippen LogP contribution >= 0.6 is 0 Å². The molecule has 2 aromatic rings. The highest BCUT2D eigenvalue weighted by Gasteiger charge is 2.41. The van der Waals surface area contributed by atoms with E-state index in [4.69, 9.17) is 4.74 Å². The van der Waals surface area contributed by atoms with E-state index < -0.39 is 0 Å². The van der Waals surface area contributed by atoms with Crippen LogP contribution in [0.2, 0.25) is 0 Å². The first kappa shape index (κ1) is 16.6. The van der Waals surface area contributed by atoms with Gasteiger partial charge in [-0.15, -0.1) is 0 Å². The second-order valence-electron chi connectivity index (χ2n) is 6.84. The summed E-state index contributed by atoms with van der Waals surface area (Å²) in [6.45, 7) is 3.46. The van der Waals surface area contributed by atoms with Crippen LogP contribution in [0.4, 0.5) is 5.69 Å². The molecule has 0 radical (unpaired) electrons. The van der Waals surface area contributed by atoms with E-state index in [1.54, 1.807) is 9.80 Å². The zero-order valence-electron chi connectivity index (χ0n) is 14.7. The quantitative estimate of drug-likeness (QED) is 0.846. The average molecular weight is 351 g/mol. The van der Waals surface area contributed by atoms with E-state index in [1.807, 2.05) is 55.5 Å². The lowest BCUT2D eigenvalue weighted by Gasteiger charge is -2.39. The Labute approximate surface area is 152 Å². The van der Waals surface area contributed by atoms with Crippen LogP contribution in [0, 0.1) is 12.8 Å². The number of benzene rings is 1. The van der Waals surface area contributed by atoms with Gasteiger partial charge in [-0.25, -0.2) is 4.98 Å². The summed E-state index contributed by atoms with van der Waals surface area (Å²) in [5.74, 6) is 0.356. The minimum Gasteiger partial charge on any atom is -0.471 e. The summed E-state index contributed by atoms with van der Waals surface area (Å²) in [4.78, 5) is 32.7. The number of ether oxygens (including phenoxy) is 1. The van der Waals surface area contributed by atoms with Crippen molar-refractivity contribution < 1.29 is 14.3 Å². The number of para-hydroxylation sites is 1. The number of carbonyl (C=O) groups is 2. The van der Waals surface area contributed by atoms with Crippen LogP contribution in [0.15, 0.2) is 48.5 Å². The van der Waals surface area contributed by atoms with Crippen molar-refractivity contribution >= 4 is 17.5 Å². The third kappa shape index (κ3) is 3.27. The number of aryl methyl sites for hydroxylation is 1. The molecule has 1 atom stereocenters. The lowest BCUT2D eigenvalue weighted by molar-refractivity contribution is -0.144. The van der Waals surface area contributed by atoms with Crippen LogP contribution in [-0.4, -0.2) is 47.4 Å². The molecule has 0 aliphatic carbocycles. The van der Waals surface area contributed by atoms with Crippen LogP contribution in [0.5, 0.6) is 5.88 Å². The SMILES string of the molecule is Cc1cccc(OC2CN(C(=O)C3CC(=O)N(c4ccccc4)C3)C2)n1. The molecule has 1 aromatic heterocycles. The molecule has 4 rings (SSSR count). The molecule has 26 heavy (non-hydrogen) atoms. The molecule has 0 spiro atoms. The second-order valence-corrected chi connectivity index (χ2v) is 6.84. The van der Waals surface area contributed by atoms with Gasteiger partial charge in [-0.3, -0.25) is 9.59 Å². The highest BCUT2D eigenvalue weighted by atomic mass is 16.5. The molecule has 6 nitrogen and oxygen atoms in total. The summed E-state index contributed by atoms with van der Waals surface area (Å²) < 4.78 is 5.80. The van der Waals surface area contributed by atoms with Gasteiger partial charge in [-0.1, -0.05) is 24.3 Å². The summed E-state index contributed by atoms with van der Waals surface area (Å²) in [6.07, 6.45) is 0.241. The first-order valence-electron chi connectivity index (χ1n) is 8.84. The third-order valence-corrected chi connectivity index (χ3v) is 4.85. The van der Waals surface area contributed by atoms with Crippen molar-refractivity contribution in [3.8, 4) is 5.88 Å². The average Bonchev–Trinajstić information content (AvgIpc) is 3.00. The van der Waals surface area contributed by atoms with Gasteiger partial charge >= 0.3 is 0 Å². The zero-order valence-corrected chi connectivity index (χ0v) is 14.7. The molecule has 2 fully saturated rings. The number of hydrogen-bond donors (Lipinski definition) is 0. The number of pyridine rings is 1. The summed E-state index contributed by atoms with van der Waals surface area (Å²) in [5, 5.41) is 0. The Bertz CT molecular complexity index is 818. The molecule has 134 valence electrons. The fourth-order valence-electron chi connectivity index (χ4n) is 3.44. The van der Waals surface area contributed by atoms with Gasteiger partial charge in [0.25, 0.3) is 0 Å². The smallest absolute Gasteiger partial charge is 0.228 e. The monoisotopic (exact) mass is 351 g/mol. The maximum Gasteiger partial charge on any atom is 0.228 e. The number of aromatic nitrogens is 1. The van der Waals surface area contributed by atoms with E-state index in [-0.39, 0.29) is 30.3 Å². The first-order valence-corrected chi connectivity index (χ1v) is 8.84. The Morgan fingerprint density at radius 2 is 1.85 bits per heavy atom. The van der Waals surface area contributed by atoms with Gasteiger partial charge < -0.3 is 14.5 Å². The number of amides is 2. The minimum absolute atomic E-state index is 0.00633. The maximum absolute atomic E-state index is 12.7. The second kappa shape index (κ2) is 6.78. The molecular formula is C20H21N3O3. The Balaban J connectivity index is 1.32. The summed E-state index contributed by atoms with van der Waals surface area (Å²) in [7, 11) is 0. The molecule has 6 heteroatoms. The lowest BCUT2D eigenvalue weighted by atomic mass is 10.0. The normalized spacial score (nSPS) is 20.2. The summed E-state index contributed by atoms with van der Waals surface area (Å²) >= 11 is 0. The summed E-state index contributed by atoms with van der Waals surface area (Å²) in [5.41, 5.74) is 1.75. The van der Waals surface area contributed by atoms with Crippen molar-refractivity contribution in [2.24, 2.45) is 5.92 Å². The molecular weight excluding hydrogens is 330 g/mol. The molecule has 1 unspecified atom stereocenters. The van der Waals surface area contributed by atoms with Crippen molar-refractivity contribution in [3.63, 3.8) is 0 Å². The van der Waals surface area contributed by atoms with Crippen molar-refractivity contribution in [3.05, 3.63) is 54.2 Å². The van der Waals surface area contributed by atoms with Crippen LogP contribution < -0.4 is 9.64 Å². The molecule has 1 aromatic carbocycles. The third-order valence-electron chi connectivity index (χ3n) is 4.85. The molecule has 2 aliphatic rings. The largest absolute Gasteiger partial charge is 0.471 e. The van der Waals surface area contributed by atoms with Gasteiger partial charge in [0.2, 0.25) is 17.7 Å². The number of anilines is 1. The Morgan fingerprint density at radius 1 is 1.08 bits per heavy atom. The van der Waals surface area contributed by atoms with Crippen LogP contribution in [0.3, 0.4) is 0 Å². The lowest BCUT2D eigenvalue weighted by Crippen LogP contribution is -2.57. The van der Waals surface area contributed by atoms with Gasteiger partial charge in [-0.05, 0) is 25.1 Å². The molecule has 3 heterocycles. The number of nitrogens with zero attached hydrogens (tertiary/aromatic N) is 3. The van der Waals surface area contributed by atoms with E-state index in [9.17, 15) is 9.59 Å². The van der Waals surface area contributed by atoms with Crippen LogP contribution in [0.25, 0.3) is 0 Å². The van der Waals surface area contributed by atoms with Crippen molar-refractivity contribution in [1.82, 2.24) is 9.88 Å². The zero-order chi connectivity index (χ0) is 18.1. The van der Waals surface area contributed by atoms with Gasteiger partial charge in [-0.2, -0.15) is 0 Å². The summed E-state index contributed by atoms with van der Waals surface area (Å²) in [6, 6.07) is 15.1. The topological polar surface area (TPSA) is 62.7 Å². The predicted octanol–water partition coefficient (Wildman–Crippen LogP) is 2.03. The molecule has 2 aliphatic heterocycles. The molecule has 0 bridgehead atoms.